The molecular weight excluding hydrogens is 384 g/mol. The molecule has 0 aliphatic heterocycles. The average molecular weight is 419 g/mol. The van der Waals surface area contributed by atoms with Crippen molar-refractivity contribution in [2.24, 2.45) is 40.4 Å². The molecule has 0 aromatic heterocycles. The van der Waals surface area contributed by atoms with Crippen molar-refractivity contribution in [2.75, 3.05) is 7.18 Å². The van der Waals surface area contributed by atoms with Gasteiger partial charge in [-0.15, -0.1) is 0 Å². The Morgan fingerprint density at radius 1 is 1.17 bits per heavy atom. The van der Waals surface area contributed by atoms with Gasteiger partial charge in [0.25, 0.3) is 0 Å². The van der Waals surface area contributed by atoms with Crippen LogP contribution in [0, 0.1) is 40.4 Å². The van der Waals surface area contributed by atoms with Crippen LogP contribution in [0.2, 0.25) is 0 Å². The maximum atomic E-state index is 14.3. The molecule has 0 aromatic carbocycles. The first-order chi connectivity index (χ1) is 13.5. The lowest BCUT2D eigenvalue weighted by Gasteiger charge is -2.60. The van der Waals surface area contributed by atoms with Crippen molar-refractivity contribution >= 4 is 5.78 Å². The van der Waals surface area contributed by atoms with E-state index in [1.165, 1.54) is 0 Å². The van der Waals surface area contributed by atoms with Crippen molar-refractivity contribution < 1.29 is 27.5 Å². The van der Waals surface area contributed by atoms with Gasteiger partial charge in [0.1, 0.15) is 5.78 Å². The highest BCUT2D eigenvalue weighted by molar-refractivity contribution is 5.79. The van der Waals surface area contributed by atoms with E-state index in [1.807, 2.05) is 13.8 Å². The Morgan fingerprint density at radius 2 is 1.83 bits per heavy atom. The van der Waals surface area contributed by atoms with Gasteiger partial charge in [-0.25, -0.2) is 0 Å². The molecule has 8 atom stereocenters. The Hall–Kier alpha value is -0.910. The number of rotatable bonds is 1. The van der Waals surface area contributed by atoms with E-state index < -0.39 is 34.9 Å². The van der Waals surface area contributed by atoms with E-state index >= 15 is 0 Å². The van der Waals surface area contributed by atoms with Crippen LogP contribution in [0.1, 0.15) is 65.7 Å². The fourth-order valence-corrected chi connectivity index (χ4v) is 7.82. The normalized spacial score (nSPS) is 46.4. The topological polar surface area (TPSA) is 37.3 Å². The molecule has 0 amide bonds. The van der Waals surface area contributed by atoms with Gasteiger partial charge in [-0.2, -0.15) is 13.2 Å². The molecule has 4 rings (SSSR count). The number of hydrogen-bond donors (Lipinski definition) is 1. The number of hydrogen-bond acceptors (Lipinski definition) is 2. The zero-order valence-electron chi connectivity index (χ0n) is 17.9. The summed E-state index contributed by atoms with van der Waals surface area (Å²) in [6, 6.07) is 0. The van der Waals surface area contributed by atoms with Crippen molar-refractivity contribution in [3.63, 3.8) is 0 Å². The SMILES string of the molecule is CC(=O)C1CCC2C3CC=C4CC(O)CCC4(C)C3C(C(F)(F)F)CC12C.CF. The highest BCUT2D eigenvalue weighted by atomic mass is 19.4. The maximum absolute atomic E-state index is 14.3. The molecule has 4 aliphatic carbocycles. The minimum Gasteiger partial charge on any atom is -0.393 e. The Balaban J connectivity index is 0.00000117. The lowest BCUT2D eigenvalue weighted by molar-refractivity contribution is -0.241. The fraction of sp³-hybridized carbons (Fsp3) is 0.870. The summed E-state index contributed by atoms with van der Waals surface area (Å²) in [7, 11) is 0.500. The number of aliphatic hydroxyl groups is 1. The van der Waals surface area contributed by atoms with Gasteiger partial charge in [0.15, 0.2) is 0 Å². The molecule has 4 aliphatic rings. The van der Waals surface area contributed by atoms with Crippen LogP contribution in [-0.2, 0) is 4.79 Å². The molecule has 6 heteroatoms. The molecule has 0 aromatic rings. The smallest absolute Gasteiger partial charge is 0.392 e. The second-order valence-corrected chi connectivity index (χ2v) is 10.2. The Kier molecular flexibility index (Phi) is 6.01. The van der Waals surface area contributed by atoms with Crippen LogP contribution in [0.4, 0.5) is 17.6 Å². The lowest BCUT2D eigenvalue weighted by atomic mass is 9.44. The van der Waals surface area contributed by atoms with Crippen LogP contribution in [0.15, 0.2) is 11.6 Å². The highest BCUT2D eigenvalue weighted by Gasteiger charge is 2.66. The Morgan fingerprint density at radius 3 is 2.41 bits per heavy atom. The van der Waals surface area contributed by atoms with E-state index in [-0.39, 0.29) is 30.0 Å². The van der Waals surface area contributed by atoms with Crippen LogP contribution in [-0.4, -0.2) is 30.3 Å². The zero-order chi connectivity index (χ0) is 21.8. The summed E-state index contributed by atoms with van der Waals surface area (Å²) < 4.78 is 52.5. The van der Waals surface area contributed by atoms with Gasteiger partial charge in [0.05, 0.1) is 19.2 Å². The summed E-state index contributed by atoms with van der Waals surface area (Å²) in [6.07, 6.45) is 1.55. The van der Waals surface area contributed by atoms with E-state index in [0.29, 0.717) is 32.9 Å². The van der Waals surface area contributed by atoms with E-state index in [9.17, 15) is 27.5 Å². The zero-order valence-corrected chi connectivity index (χ0v) is 17.9. The van der Waals surface area contributed by atoms with Crippen molar-refractivity contribution in [3.05, 3.63) is 11.6 Å². The van der Waals surface area contributed by atoms with E-state index in [1.54, 1.807) is 6.92 Å². The van der Waals surface area contributed by atoms with Gasteiger partial charge in [0.2, 0.25) is 0 Å². The Bertz CT molecular complexity index is 672. The van der Waals surface area contributed by atoms with E-state index in [4.69, 9.17) is 0 Å². The van der Waals surface area contributed by atoms with Crippen molar-refractivity contribution in [1.82, 2.24) is 0 Å². The predicted octanol–water partition coefficient (Wildman–Crippen LogP) is 5.89. The third kappa shape index (κ3) is 3.47. The summed E-state index contributed by atoms with van der Waals surface area (Å²) in [5.41, 5.74) is 0.0302. The molecule has 1 N–H and O–H groups in total. The first-order valence-corrected chi connectivity index (χ1v) is 10.8. The van der Waals surface area contributed by atoms with Gasteiger partial charge in [-0.1, -0.05) is 25.5 Å². The summed E-state index contributed by atoms with van der Waals surface area (Å²) in [6.45, 7) is 5.52. The van der Waals surface area contributed by atoms with Crippen molar-refractivity contribution in [3.8, 4) is 0 Å². The molecule has 0 spiro atoms. The number of ketones is 1. The number of carbonyl (C=O) groups excluding carboxylic acids is 1. The average Bonchev–Trinajstić information content (AvgIpc) is 3.00. The summed E-state index contributed by atoms with van der Waals surface area (Å²) in [5, 5.41) is 10.1. The molecule has 29 heavy (non-hydrogen) atoms. The molecule has 2 nitrogen and oxygen atoms in total. The molecule has 3 fully saturated rings. The number of fused-ring (bicyclic) bond motifs is 5. The molecule has 0 bridgehead atoms. The van der Waals surface area contributed by atoms with Gasteiger partial charge in [-0.3, -0.25) is 9.18 Å². The van der Waals surface area contributed by atoms with Gasteiger partial charge in [0, 0.05) is 5.92 Å². The van der Waals surface area contributed by atoms with Crippen molar-refractivity contribution in [2.45, 2.75) is 78.0 Å². The number of Topliss-reactive ketones (excluding diaryl/α,β-unsaturated/α-hetero) is 1. The molecule has 8 unspecified atom stereocenters. The predicted molar refractivity (Wildman–Crippen MR) is 104 cm³/mol. The number of allylic oxidation sites excluding steroid dienone is 1. The van der Waals surface area contributed by atoms with Gasteiger partial charge < -0.3 is 5.11 Å². The minimum atomic E-state index is -4.25. The highest BCUT2D eigenvalue weighted by Crippen LogP contribution is 2.69. The number of halogens is 4. The quantitative estimate of drug-likeness (QED) is 0.426. The fourth-order valence-electron chi connectivity index (χ4n) is 7.82. The van der Waals surface area contributed by atoms with Crippen LogP contribution in [0.5, 0.6) is 0 Å². The van der Waals surface area contributed by atoms with Crippen LogP contribution >= 0.6 is 0 Å². The molecule has 0 saturated heterocycles. The van der Waals surface area contributed by atoms with E-state index in [0.717, 1.165) is 18.4 Å². The van der Waals surface area contributed by atoms with Crippen LogP contribution < -0.4 is 0 Å². The van der Waals surface area contributed by atoms with Crippen LogP contribution in [0.25, 0.3) is 0 Å². The van der Waals surface area contributed by atoms with Crippen LogP contribution in [0.3, 0.4) is 0 Å². The molecule has 0 heterocycles. The maximum Gasteiger partial charge on any atom is 0.392 e. The number of aliphatic hydroxyl groups excluding tert-OH is 1. The van der Waals surface area contributed by atoms with Gasteiger partial charge >= 0.3 is 6.18 Å². The monoisotopic (exact) mass is 418 g/mol. The number of carbonyl (C=O) groups is 1. The van der Waals surface area contributed by atoms with E-state index in [2.05, 4.69) is 6.08 Å². The molecule has 3 saturated carbocycles. The second-order valence-electron chi connectivity index (χ2n) is 10.2. The summed E-state index contributed by atoms with van der Waals surface area (Å²) in [5.74, 6) is -1.78. The third-order valence-corrected chi connectivity index (χ3v) is 8.95. The lowest BCUT2D eigenvalue weighted by Crippen LogP contribution is -2.57. The summed E-state index contributed by atoms with van der Waals surface area (Å²) >= 11 is 0. The first-order valence-electron chi connectivity index (χ1n) is 10.8. The largest absolute Gasteiger partial charge is 0.393 e. The molecule has 0 radical (unpaired) electrons. The third-order valence-electron chi connectivity index (χ3n) is 8.95. The second kappa shape index (κ2) is 7.65. The Labute approximate surface area is 171 Å². The van der Waals surface area contributed by atoms with Crippen molar-refractivity contribution in [1.29, 1.82) is 0 Å². The standard InChI is InChI=1S/C22H31F3O2.CH3F/c1-12(26)16-6-7-17-15-5-4-13-10-14(27)8-9-20(13,2)19(15)18(22(23,24)25)11-21(16,17)3;1-2/h4,14-19,27H,5-11H2,1-3H3;1H3. The number of alkyl halides is 4. The summed E-state index contributed by atoms with van der Waals surface area (Å²) in [4.78, 5) is 12.2. The first kappa shape index (κ1) is 22.8. The van der Waals surface area contributed by atoms with Gasteiger partial charge in [-0.05, 0) is 80.5 Å². The minimum absolute atomic E-state index is 0.0104. The molecule has 166 valence electrons. The molecular formula is C23H34F4O2.